The Bertz CT molecular complexity index is 1160. The number of rotatable bonds is 0. The third-order valence-corrected chi connectivity index (χ3v) is 8.99. The van der Waals surface area contributed by atoms with Gasteiger partial charge in [-0.1, -0.05) is 14.9 Å². The van der Waals surface area contributed by atoms with Gasteiger partial charge in [-0.05, 0) is 152 Å². The number of aliphatic carboxylic acids is 1. The number of hydrogen-bond acceptors (Lipinski definition) is 9. The SMILES string of the molecule is C.C.CC#N.CC(=O)Cl.CC(=O)O.CC(N)=O.Cc1ccc(Br)s1.Cc1ccc(Br)s1.Cc1ccc(Br)s1.Cc1ccc(Br)s1.O=S(Cl)Cl. The van der Waals surface area contributed by atoms with Gasteiger partial charge in [0, 0.05) is 68.6 Å². The third kappa shape index (κ3) is 78.3. The molecule has 0 spiro atoms. The predicted octanol–water partition coefficient (Wildman–Crippen LogP) is 14.5. The third-order valence-electron chi connectivity index (χ3n) is 2.83. The van der Waals surface area contributed by atoms with Crippen LogP contribution in [0.1, 0.15) is 62.1 Å². The number of carboxylic acids is 1. The Hall–Kier alpha value is -0.160. The molecule has 0 radical (unpaired) electrons. The minimum atomic E-state index is -1.67. The highest BCUT2D eigenvalue weighted by Crippen LogP contribution is 2.22. The Labute approximate surface area is 358 Å². The van der Waals surface area contributed by atoms with Crippen LogP contribution in [0.4, 0.5) is 0 Å². The summed E-state index contributed by atoms with van der Waals surface area (Å²) in [6.45, 7) is 13.5. The van der Waals surface area contributed by atoms with E-state index in [1.807, 2.05) is 0 Å². The van der Waals surface area contributed by atoms with Gasteiger partial charge in [0.25, 0.3) is 5.97 Å². The van der Waals surface area contributed by atoms with E-state index in [9.17, 15) is 9.59 Å². The molecule has 0 unspecified atom stereocenters. The zero-order valence-electron chi connectivity index (χ0n) is 26.4. The van der Waals surface area contributed by atoms with Crippen molar-refractivity contribution in [1.29, 1.82) is 5.26 Å². The minimum absolute atomic E-state index is 0. The van der Waals surface area contributed by atoms with Gasteiger partial charge in [-0.25, -0.2) is 4.21 Å². The zero-order valence-corrected chi connectivity index (χ0v) is 39.1. The Morgan fingerprint density at radius 2 is 0.796 bits per heavy atom. The number of nitrogens with two attached hydrogens (primary N) is 1. The first-order chi connectivity index (χ1) is 21.5. The number of aryl methyl sites for hydroxylation is 4. The molecule has 0 fully saturated rings. The number of primary amides is 1. The summed E-state index contributed by atoms with van der Waals surface area (Å²) in [5, 5.41) is 14.4. The average molecular weight is 1100 g/mol. The zero-order chi connectivity index (χ0) is 38.1. The molecule has 49 heavy (non-hydrogen) atoms. The van der Waals surface area contributed by atoms with Gasteiger partial charge in [0.15, 0.2) is 0 Å². The summed E-state index contributed by atoms with van der Waals surface area (Å²) in [6.07, 6.45) is 0. The van der Waals surface area contributed by atoms with E-state index >= 15 is 0 Å². The van der Waals surface area contributed by atoms with Crippen LogP contribution in [0.5, 0.6) is 0 Å². The molecule has 0 saturated heterocycles. The summed E-state index contributed by atoms with van der Waals surface area (Å²) in [5.74, 6) is -1.17. The number of nitrogens with zero attached hydrogens (tertiary/aromatic N) is 1. The van der Waals surface area contributed by atoms with Crippen molar-refractivity contribution in [1.82, 2.24) is 0 Å². The second kappa shape index (κ2) is 44.0. The lowest BCUT2D eigenvalue weighted by molar-refractivity contribution is -0.134. The summed E-state index contributed by atoms with van der Waals surface area (Å²) in [6, 6.07) is 18.3. The quantitative estimate of drug-likeness (QED) is 0.168. The number of halogens is 7. The van der Waals surface area contributed by atoms with Crippen LogP contribution < -0.4 is 5.73 Å². The molecule has 0 aromatic carbocycles. The summed E-state index contributed by atoms with van der Waals surface area (Å²) in [5.41, 5.74) is 4.47. The van der Waals surface area contributed by atoms with Crippen molar-refractivity contribution in [2.24, 2.45) is 5.73 Å². The summed E-state index contributed by atoms with van der Waals surface area (Å²) >= 11 is 25.1. The van der Waals surface area contributed by atoms with E-state index in [0.717, 1.165) is 6.92 Å². The number of carbonyl (C=O) groups is 3. The first-order valence-electron chi connectivity index (χ1n) is 12.0. The highest BCUT2D eigenvalue weighted by atomic mass is 79.9. The molecule has 0 aliphatic rings. The van der Waals surface area contributed by atoms with Crippen molar-refractivity contribution in [2.45, 2.75) is 70.2 Å². The van der Waals surface area contributed by atoms with Gasteiger partial charge >= 0.3 is 0 Å². The second-order valence-corrected chi connectivity index (χ2v) is 21.1. The van der Waals surface area contributed by atoms with Gasteiger partial charge in [-0.15, -0.1) is 45.3 Å². The lowest BCUT2D eigenvalue weighted by atomic mass is 10.5. The van der Waals surface area contributed by atoms with Crippen LogP contribution in [0.2, 0.25) is 0 Å². The Morgan fingerprint density at radius 1 is 0.694 bits per heavy atom. The molecule has 4 heterocycles. The molecule has 1 amide bonds. The molecule has 7 nitrogen and oxygen atoms in total. The van der Waals surface area contributed by atoms with Crippen LogP contribution in [-0.2, 0) is 23.6 Å². The Morgan fingerprint density at radius 3 is 0.816 bits per heavy atom. The number of carbonyl (C=O) groups excluding carboxylic acids is 2. The van der Waals surface area contributed by atoms with Crippen molar-refractivity contribution in [3.63, 3.8) is 0 Å². The van der Waals surface area contributed by atoms with Crippen LogP contribution in [0.15, 0.2) is 63.7 Å². The molecule has 0 aliphatic carbocycles. The number of amides is 1. The highest BCUT2D eigenvalue weighted by molar-refractivity contribution is 9.11. The van der Waals surface area contributed by atoms with Crippen LogP contribution >= 0.6 is 142 Å². The molecule has 0 aliphatic heterocycles. The molecule has 0 saturated carbocycles. The number of nitriles is 1. The second-order valence-electron chi connectivity index (χ2n) is 7.41. The molecule has 0 bridgehead atoms. The lowest BCUT2D eigenvalue weighted by Crippen LogP contribution is -2.01. The van der Waals surface area contributed by atoms with E-state index in [4.69, 9.17) is 19.4 Å². The Kier molecular flexibility index (Phi) is 57.3. The maximum Gasteiger partial charge on any atom is 0.300 e. The molecular weight excluding hydrogens is 1050 g/mol. The molecule has 4 aromatic heterocycles. The lowest BCUT2D eigenvalue weighted by Gasteiger charge is -1.69. The van der Waals surface area contributed by atoms with E-state index in [1.54, 1.807) is 51.4 Å². The van der Waals surface area contributed by atoms with Crippen LogP contribution in [0, 0.1) is 39.0 Å². The molecule has 19 heteroatoms. The van der Waals surface area contributed by atoms with E-state index in [1.165, 1.54) is 55.4 Å². The highest BCUT2D eigenvalue weighted by Gasteiger charge is 1.88. The first kappa shape index (κ1) is 63.9. The van der Waals surface area contributed by atoms with Crippen molar-refractivity contribution >= 4 is 168 Å². The molecule has 0 atom stereocenters. The van der Waals surface area contributed by atoms with Crippen molar-refractivity contribution in [3.8, 4) is 6.07 Å². The van der Waals surface area contributed by atoms with Gasteiger partial charge in [-0.2, -0.15) is 5.26 Å². The van der Waals surface area contributed by atoms with Crippen molar-refractivity contribution in [3.05, 3.63) is 83.2 Å². The van der Waals surface area contributed by atoms with Gasteiger partial charge in [0.2, 0.25) is 20.4 Å². The summed E-state index contributed by atoms with van der Waals surface area (Å²) < 4.78 is 13.9. The van der Waals surface area contributed by atoms with Crippen molar-refractivity contribution in [2.75, 3.05) is 0 Å². The van der Waals surface area contributed by atoms with Gasteiger partial charge in [0.1, 0.15) is 0 Å². The fourth-order valence-electron chi connectivity index (χ4n) is 1.62. The number of carboxylic acid groups (broad SMARTS) is 1. The predicted molar refractivity (Wildman–Crippen MR) is 236 cm³/mol. The minimum Gasteiger partial charge on any atom is -0.481 e. The summed E-state index contributed by atoms with van der Waals surface area (Å²) in [4.78, 5) is 32.8. The van der Waals surface area contributed by atoms with Gasteiger partial charge < -0.3 is 10.8 Å². The van der Waals surface area contributed by atoms with E-state index in [2.05, 4.69) is 179 Å². The van der Waals surface area contributed by atoms with Gasteiger partial charge in [-0.3, -0.25) is 14.4 Å². The molecule has 282 valence electrons. The molecule has 3 N–H and O–H groups in total. The van der Waals surface area contributed by atoms with E-state index in [-0.39, 0.29) is 26.0 Å². The van der Waals surface area contributed by atoms with Gasteiger partial charge in [0.05, 0.1) is 21.2 Å². The fourth-order valence-corrected chi connectivity index (χ4v) is 7.53. The molecule has 4 rings (SSSR count). The fraction of sp³-hybridized carbons (Fsp3) is 0.333. The molecular formula is C30H43Br4Cl3N2O5S5. The van der Waals surface area contributed by atoms with Crippen LogP contribution in [0.25, 0.3) is 0 Å². The van der Waals surface area contributed by atoms with Crippen LogP contribution in [-0.4, -0.2) is 26.4 Å². The van der Waals surface area contributed by atoms with Crippen molar-refractivity contribution < 1.29 is 23.7 Å². The smallest absolute Gasteiger partial charge is 0.300 e. The number of thiophene rings is 4. The Balaban J connectivity index is -0.0000000821. The first-order valence-corrected chi connectivity index (χ1v) is 21.7. The maximum atomic E-state index is 9.22. The standard InChI is InChI=1S/4C5H5BrS.C2H3ClO.C2H5NO.C2H3N.C2H4O2.2CH4.Cl2OS/c4*1-4-2-3-5(6)7-4;2*1-2(3)4;1-2-3;1-2(3)4;;;1-4(2)3/h4*2-3H,1H3;1H3;1H3,(H2,3,4);1H3;1H3,(H,3,4);2*1H4;. The van der Waals surface area contributed by atoms with Crippen LogP contribution in [0.3, 0.4) is 0 Å². The molecule has 4 aromatic rings. The van der Waals surface area contributed by atoms with E-state index in [0.29, 0.717) is 0 Å². The summed E-state index contributed by atoms with van der Waals surface area (Å²) in [7, 11) is 7.36. The normalized spacial score (nSPS) is 7.82. The average Bonchev–Trinajstić information content (AvgIpc) is 3.66. The van der Waals surface area contributed by atoms with E-state index < -0.39 is 15.2 Å². The topological polar surface area (TPSA) is 138 Å². The monoisotopic (exact) mass is 1090 g/mol. The largest absolute Gasteiger partial charge is 0.481 e. The maximum absolute atomic E-state index is 9.22. The number of hydrogen-bond donors (Lipinski definition) is 2.